The summed E-state index contributed by atoms with van der Waals surface area (Å²) < 4.78 is 5.05. The van der Waals surface area contributed by atoms with Crippen molar-refractivity contribution in [1.82, 2.24) is 4.90 Å². The lowest BCUT2D eigenvalue weighted by atomic mass is 10.4. The summed E-state index contributed by atoms with van der Waals surface area (Å²) in [6.45, 7) is 1.03. The number of hydrogen-bond acceptors (Lipinski definition) is 4. The van der Waals surface area contributed by atoms with Gasteiger partial charge in [-0.2, -0.15) is 0 Å². The Morgan fingerprint density at radius 2 is 2.40 bits per heavy atom. The highest BCUT2D eigenvalue weighted by Gasteiger charge is 2.22. The standard InChI is InChI=1S/C9H9NO4S/c11-8(12)7-2-1-6(14-7)5-10-3-4-15-9(10)13/h1-2H,3-5H2,(H,11,12). The molecular weight excluding hydrogens is 218 g/mol. The van der Waals surface area contributed by atoms with E-state index in [1.54, 1.807) is 11.0 Å². The average molecular weight is 227 g/mol. The van der Waals surface area contributed by atoms with E-state index >= 15 is 0 Å². The van der Waals surface area contributed by atoms with E-state index in [-0.39, 0.29) is 11.0 Å². The van der Waals surface area contributed by atoms with Gasteiger partial charge in [-0.1, -0.05) is 11.8 Å². The molecule has 80 valence electrons. The van der Waals surface area contributed by atoms with Gasteiger partial charge < -0.3 is 14.4 Å². The zero-order valence-electron chi connectivity index (χ0n) is 7.80. The summed E-state index contributed by atoms with van der Waals surface area (Å²) in [5, 5.41) is 8.65. The lowest BCUT2D eigenvalue weighted by Gasteiger charge is -2.11. The van der Waals surface area contributed by atoms with Gasteiger partial charge in [0.2, 0.25) is 5.76 Å². The largest absolute Gasteiger partial charge is 0.475 e. The second-order valence-electron chi connectivity index (χ2n) is 3.11. The molecule has 2 heterocycles. The van der Waals surface area contributed by atoms with Crippen molar-refractivity contribution >= 4 is 23.0 Å². The molecule has 0 spiro atoms. The molecule has 0 bridgehead atoms. The summed E-state index contributed by atoms with van der Waals surface area (Å²) in [5.41, 5.74) is 0. The fourth-order valence-corrected chi connectivity index (χ4v) is 2.16. The summed E-state index contributed by atoms with van der Waals surface area (Å²) >= 11 is 1.27. The first kappa shape index (κ1) is 10.1. The summed E-state index contributed by atoms with van der Waals surface area (Å²) in [5.74, 6) is 0.0987. The Hall–Kier alpha value is -1.43. The Morgan fingerprint density at radius 1 is 1.60 bits per heavy atom. The van der Waals surface area contributed by atoms with Crippen LogP contribution in [0.15, 0.2) is 16.5 Å². The molecule has 0 saturated carbocycles. The zero-order chi connectivity index (χ0) is 10.8. The number of furan rings is 1. The molecule has 0 unspecified atom stereocenters. The number of hydrogen-bond donors (Lipinski definition) is 1. The number of nitrogens with zero attached hydrogens (tertiary/aromatic N) is 1. The maximum absolute atomic E-state index is 11.3. The maximum atomic E-state index is 11.3. The Labute approximate surface area is 90.0 Å². The van der Waals surface area contributed by atoms with Gasteiger partial charge >= 0.3 is 5.97 Å². The number of rotatable bonds is 3. The van der Waals surface area contributed by atoms with Gasteiger partial charge in [0.1, 0.15) is 5.76 Å². The maximum Gasteiger partial charge on any atom is 0.371 e. The lowest BCUT2D eigenvalue weighted by Crippen LogP contribution is -2.22. The highest BCUT2D eigenvalue weighted by molar-refractivity contribution is 8.13. The number of carbonyl (C=O) groups excluding carboxylic acids is 1. The molecule has 1 saturated heterocycles. The van der Waals surface area contributed by atoms with Crippen molar-refractivity contribution in [2.24, 2.45) is 0 Å². The van der Waals surface area contributed by atoms with E-state index in [2.05, 4.69) is 0 Å². The molecule has 2 rings (SSSR count). The van der Waals surface area contributed by atoms with E-state index in [4.69, 9.17) is 9.52 Å². The van der Waals surface area contributed by atoms with E-state index in [0.717, 1.165) is 5.75 Å². The van der Waals surface area contributed by atoms with Crippen LogP contribution in [0.1, 0.15) is 16.3 Å². The normalized spacial score (nSPS) is 16.0. The number of amides is 1. The average Bonchev–Trinajstić information content (AvgIpc) is 2.77. The third-order valence-corrected chi connectivity index (χ3v) is 2.96. The van der Waals surface area contributed by atoms with Gasteiger partial charge in [0, 0.05) is 12.3 Å². The van der Waals surface area contributed by atoms with Crippen LogP contribution in [-0.4, -0.2) is 33.5 Å². The minimum absolute atomic E-state index is 0.0169. The van der Waals surface area contributed by atoms with Crippen LogP contribution in [0.4, 0.5) is 4.79 Å². The van der Waals surface area contributed by atoms with Crippen molar-refractivity contribution in [2.75, 3.05) is 12.3 Å². The molecule has 1 aliphatic rings. The van der Waals surface area contributed by atoms with Gasteiger partial charge in [-0.05, 0) is 12.1 Å². The first-order valence-corrected chi connectivity index (χ1v) is 5.39. The minimum Gasteiger partial charge on any atom is -0.475 e. The van der Waals surface area contributed by atoms with Crippen molar-refractivity contribution in [3.63, 3.8) is 0 Å². The van der Waals surface area contributed by atoms with Gasteiger partial charge in [0.05, 0.1) is 6.54 Å². The fraction of sp³-hybridized carbons (Fsp3) is 0.333. The summed E-state index contributed by atoms with van der Waals surface area (Å²) in [4.78, 5) is 23.4. The molecule has 0 atom stereocenters. The SMILES string of the molecule is O=C(O)c1ccc(CN2CCSC2=O)o1. The third-order valence-electron chi connectivity index (χ3n) is 2.06. The van der Waals surface area contributed by atoms with Crippen molar-refractivity contribution in [3.8, 4) is 0 Å². The first-order chi connectivity index (χ1) is 7.16. The van der Waals surface area contributed by atoms with Crippen LogP contribution in [-0.2, 0) is 6.54 Å². The molecule has 1 N–H and O–H groups in total. The van der Waals surface area contributed by atoms with Gasteiger partial charge in [0.25, 0.3) is 5.24 Å². The van der Waals surface area contributed by atoms with Crippen LogP contribution in [0.25, 0.3) is 0 Å². The molecule has 1 amide bonds. The van der Waals surface area contributed by atoms with Crippen LogP contribution >= 0.6 is 11.8 Å². The lowest BCUT2D eigenvalue weighted by molar-refractivity contribution is 0.0659. The smallest absolute Gasteiger partial charge is 0.371 e. The second-order valence-corrected chi connectivity index (χ2v) is 4.15. The van der Waals surface area contributed by atoms with E-state index in [9.17, 15) is 9.59 Å². The van der Waals surface area contributed by atoms with Crippen LogP contribution in [0.3, 0.4) is 0 Å². The minimum atomic E-state index is -1.09. The summed E-state index contributed by atoms with van der Waals surface area (Å²) in [6, 6.07) is 2.98. The van der Waals surface area contributed by atoms with Gasteiger partial charge in [-0.15, -0.1) is 0 Å². The topological polar surface area (TPSA) is 70.8 Å². The van der Waals surface area contributed by atoms with Crippen molar-refractivity contribution < 1.29 is 19.1 Å². The molecule has 0 aromatic carbocycles. The second kappa shape index (κ2) is 3.98. The molecule has 1 aromatic heterocycles. The summed E-state index contributed by atoms with van der Waals surface area (Å²) in [7, 11) is 0. The molecule has 0 radical (unpaired) electrons. The van der Waals surface area contributed by atoms with Crippen molar-refractivity contribution in [2.45, 2.75) is 6.54 Å². The molecule has 6 heteroatoms. The number of carbonyl (C=O) groups is 2. The third kappa shape index (κ3) is 2.15. The van der Waals surface area contributed by atoms with Crippen LogP contribution < -0.4 is 0 Å². The van der Waals surface area contributed by atoms with E-state index in [0.29, 0.717) is 18.8 Å². The molecule has 1 aromatic rings. The predicted octanol–water partition coefficient (Wildman–Crippen LogP) is 1.65. The number of aromatic carboxylic acids is 1. The van der Waals surface area contributed by atoms with Crippen LogP contribution in [0.2, 0.25) is 0 Å². The fourth-order valence-electron chi connectivity index (χ4n) is 1.34. The van der Waals surface area contributed by atoms with Crippen molar-refractivity contribution in [1.29, 1.82) is 0 Å². The summed E-state index contributed by atoms with van der Waals surface area (Å²) in [6.07, 6.45) is 0. The Kier molecular flexibility index (Phi) is 2.68. The van der Waals surface area contributed by atoms with Gasteiger partial charge in [-0.25, -0.2) is 4.79 Å². The Balaban J connectivity index is 2.04. The van der Waals surface area contributed by atoms with Crippen molar-refractivity contribution in [3.05, 3.63) is 23.7 Å². The molecule has 1 fully saturated rings. The van der Waals surface area contributed by atoms with E-state index in [1.165, 1.54) is 17.8 Å². The van der Waals surface area contributed by atoms with Crippen LogP contribution in [0.5, 0.6) is 0 Å². The monoisotopic (exact) mass is 227 g/mol. The number of carboxylic acid groups (broad SMARTS) is 1. The number of carboxylic acids is 1. The highest BCUT2D eigenvalue weighted by Crippen LogP contribution is 2.20. The van der Waals surface area contributed by atoms with Gasteiger partial charge in [-0.3, -0.25) is 4.79 Å². The predicted molar refractivity (Wildman–Crippen MR) is 53.9 cm³/mol. The van der Waals surface area contributed by atoms with E-state index in [1.807, 2.05) is 0 Å². The number of thioether (sulfide) groups is 1. The molecule has 0 aliphatic carbocycles. The Bertz CT molecular complexity index is 401. The molecule has 5 nitrogen and oxygen atoms in total. The highest BCUT2D eigenvalue weighted by atomic mass is 32.2. The zero-order valence-corrected chi connectivity index (χ0v) is 8.62. The van der Waals surface area contributed by atoms with Gasteiger partial charge in [0.15, 0.2) is 0 Å². The molecular formula is C9H9NO4S. The van der Waals surface area contributed by atoms with E-state index < -0.39 is 5.97 Å². The Morgan fingerprint density at radius 3 is 2.93 bits per heavy atom. The van der Waals surface area contributed by atoms with Crippen LogP contribution in [0, 0.1) is 0 Å². The molecule has 1 aliphatic heterocycles. The quantitative estimate of drug-likeness (QED) is 0.850. The molecule has 15 heavy (non-hydrogen) atoms. The first-order valence-electron chi connectivity index (χ1n) is 4.40.